The Kier molecular flexibility index (Phi) is 9.05. The molecule has 2 aromatic rings. The standard InChI is InChI=1S/C26H31FN2O4/c1-18-6-8-20(9-7-18)24(25(32)28-26(2,3)4)29(5)16-17-33-23(31)15-14-22(30)19-10-12-21(27)13-11-19/h6-15,24H,16-17H2,1-5H3,(H,28,32)/b15-14+. The second-order valence-corrected chi connectivity index (χ2v) is 8.91. The predicted molar refractivity (Wildman–Crippen MR) is 125 cm³/mol. The highest BCUT2D eigenvalue weighted by Gasteiger charge is 2.28. The number of amides is 1. The molecule has 2 aromatic carbocycles. The maximum absolute atomic E-state index is 13.0. The van der Waals surface area contributed by atoms with Crippen molar-refractivity contribution in [3.8, 4) is 0 Å². The fourth-order valence-corrected chi connectivity index (χ4v) is 3.11. The number of rotatable bonds is 9. The van der Waals surface area contributed by atoms with E-state index in [2.05, 4.69) is 5.32 Å². The molecule has 1 amide bonds. The molecular formula is C26H31FN2O4. The molecule has 1 atom stereocenters. The number of hydrogen-bond acceptors (Lipinski definition) is 5. The van der Waals surface area contributed by atoms with Crippen molar-refractivity contribution in [2.75, 3.05) is 20.2 Å². The lowest BCUT2D eigenvalue weighted by Gasteiger charge is -2.31. The minimum absolute atomic E-state index is 0.0373. The monoisotopic (exact) mass is 454 g/mol. The highest BCUT2D eigenvalue weighted by atomic mass is 19.1. The summed E-state index contributed by atoms with van der Waals surface area (Å²) in [4.78, 5) is 38.8. The molecule has 0 aliphatic heterocycles. The van der Waals surface area contributed by atoms with Crippen molar-refractivity contribution in [3.05, 3.63) is 83.2 Å². The number of carbonyl (C=O) groups excluding carboxylic acids is 3. The maximum Gasteiger partial charge on any atom is 0.330 e. The molecule has 33 heavy (non-hydrogen) atoms. The molecule has 176 valence electrons. The number of aryl methyl sites for hydroxylation is 1. The van der Waals surface area contributed by atoms with Crippen LogP contribution in [-0.4, -0.2) is 48.3 Å². The van der Waals surface area contributed by atoms with Crippen LogP contribution in [0, 0.1) is 12.7 Å². The Hall–Kier alpha value is -3.32. The van der Waals surface area contributed by atoms with Crippen LogP contribution in [-0.2, 0) is 14.3 Å². The summed E-state index contributed by atoms with van der Waals surface area (Å²) >= 11 is 0. The first-order chi connectivity index (χ1) is 15.5. The molecule has 0 fully saturated rings. The predicted octanol–water partition coefficient (Wildman–Crippen LogP) is 4.00. The average Bonchev–Trinajstić information content (AvgIpc) is 2.73. The third-order valence-corrected chi connectivity index (χ3v) is 4.77. The Morgan fingerprint density at radius 3 is 2.21 bits per heavy atom. The maximum atomic E-state index is 13.0. The van der Waals surface area contributed by atoms with Crippen LogP contribution in [0.5, 0.6) is 0 Å². The van der Waals surface area contributed by atoms with Crippen LogP contribution in [0.3, 0.4) is 0 Å². The number of likely N-dealkylation sites (N-methyl/N-ethyl adjacent to an activating group) is 1. The number of benzene rings is 2. The minimum atomic E-state index is -0.676. The summed E-state index contributed by atoms with van der Waals surface area (Å²) in [6.07, 6.45) is 2.13. The van der Waals surface area contributed by atoms with E-state index in [1.807, 2.05) is 56.9 Å². The van der Waals surface area contributed by atoms with Gasteiger partial charge >= 0.3 is 5.97 Å². The molecule has 1 unspecified atom stereocenters. The number of ketones is 1. The SMILES string of the molecule is Cc1ccc(C(C(=O)NC(C)(C)C)N(C)CCOC(=O)/C=C/C(=O)c2ccc(F)cc2)cc1. The largest absolute Gasteiger partial charge is 0.461 e. The van der Waals surface area contributed by atoms with E-state index in [1.54, 1.807) is 7.05 Å². The second kappa shape index (κ2) is 11.5. The van der Waals surface area contributed by atoms with E-state index in [0.29, 0.717) is 6.54 Å². The van der Waals surface area contributed by atoms with Crippen molar-refractivity contribution in [2.45, 2.75) is 39.3 Å². The van der Waals surface area contributed by atoms with Gasteiger partial charge in [-0.1, -0.05) is 29.8 Å². The molecule has 0 aliphatic rings. The van der Waals surface area contributed by atoms with Crippen LogP contribution in [0.2, 0.25) is 0 Å². The summed E-state index contributed by atoms with van der Waals surface area (Å²) in [5, 5.41) is 3.00. The van der Waals surface area contributed by atoms with Gasteiger partial charge < -0.3 is 10.1 Å². The highest BCUT2D eigenvalue weighted by molar-refractivity contribution is 6.06. The van der Waals surface area contributed by atoms with Gasteiger partial charge in [0.15, 0.2) is 5.78 Å². The van der Waals surface area contributed by atoms with Crippen LogP contribution in [0.4, 0.5) is 4.39 Å². The summed E-state index contributed by atoms with van der Waals surface area (Å²) in [5.41, 5.74) is 1.80. The average molecular weight is 455 g/mol. The van der Waals surface area contributed by atoms with Crippen molar-refractivity contribution in [2.24, 2.45) is 0 Å². The summed E-state index contributed by atoms with van der Waals surface area (Å²) in [6, 6.07) is 12.2. The number of hydrogen-bond donors (Lipinski definition) is 1. The Morgan fingerprint density at radius 1 is 1.03 bits per heavy atom. The minimum Gasteiger partial charge on any atom is -0.461 e. The van der Waals surface area contributed by atoms with Gasteiger partial charge in [0.05, 0.1) is 0 Å². The Labute approximate surface area is 194 Å². The van der Waals surface area contributed by atoms with Crippen LogP contribution < -0.4 is 5.32 Å². The summed E-state index contributed by atoms with van der Waals surface area (Å²) in [5.74, 6) is -1.70. The summed E-state index contributed by atoms with van der Waals surface area (Å²) in [7, 11) is 1.79. The van der Waals surface area contributed by atoms with Gasteiger partial charge in [0.25, 0.3) is 0 Å². The molecule has 0 radical (unpaired) electrons. The number of esters is 1. The first kappa shape index (κ1) is 25.9. The lowest BCUT2D eigenvalue weighted by atomic mass is 10.0. The van der Waals surface area contributed by atoms with Crippen molar-refractivity contribution in [1.29, 1.82) is 0 Å². The quantitative estimate of drug-likeness (QED) is 0.352. The van der Waals surface area contributed by atoms with E-state index in [0.717, 1.165) is 23.3 Å². The van der Waals surface area contributed by atoms with Gasteiger partial charge in [0.1, 0.15) is 18.5 Å². The lowest BCUT2D eigenvalue weighted by molar-refractivity contribution is -0.138. The molecule has 0 spiro atoms. The van der Waals surface area contributed by atoms with Gasteiger partial charge in [0, 0.05) is 23.7 Å². The molecule has 6 nitrogen and oxygen atoms in total. The van der Waals surface area contributed by atoms with E-state index >= 15 is 0 Å². The number of nitrogens with one attached hydrogen (secondary N) is 1. The van der Waals surface area contributed by atoms with E-state index in [4.69, 9.17) is 4.74 Å². The fourth-order valence-electron chi connectivity index (χ4n) is 3.11. The Bertz CT molecular complexity index is 992. The second-order valence-electron chi connectivity index (χ2n) is 8.91. The molecule has 0 saturated heterocycles. The van der Waals surface area contributed by atoms with Crippen LogP contribution in [0.15, 0.2) is 60.7 Å². The van der Waals surface area contributed by atoms with Crippen molar-refractivity contribution in [1.82, 2.24) is 10.2 Å². The molecule has 7 heteroatoms. The van der Waals surface area contributed by atoms with Crippen molar-refractivity contribution in [3.63, 3.8) is 0 Å². The first-order valence-electron chi connectivity index (χ1n) is 10.7. The van der Waals surface area contributed by atoms with Crippen molar-refractivity contribution < 1.29 is 23.5 Å². The summed E-state index contributed by atoms with van der Waals surface area (Å²) in [6.45, 7) is 8.07. The molecule has 0 heterocycles. The van der Waals surface area contributed by atoms with Gasteiger partial charge in [-0.25, -0.2) is 9.18 Å². The van der Waals surface area contributed by atoms with E-state index in [1.165, 1.54) is 24.3 Å². The zero-order chi connectivity index (χ0) is 24.6. The normalized spacial score (nSPS) is 12.6. The van der Waals surface area contributed by atoms with Crippen LogP contribution in [0.1, 0.15) is 48.3 Å². The number of allylic oxidation sites excluding steroid dienone is 1. The molecule has 0 aromatic heterocycles. The smallest absolute Gasteiger partial charge is 0.330 e. The zero-order valence-electron chi connectivity index (χ0n) is 19.7. The molecule has 2 rings (SSSR count). The molecular weight excluding hydrogens is 423 g/mol. The van der Waals surface area contributed by atoms with Crippen LogP contribution in [0.25, 0.3) is 0 Å². The fraction of sp³-hybridized carbons (Fsp3) is 0.346. The third-order valence-electron chi connectivity index (χ3n) is 4.77. The molecule has 1 N–H and O–H groups in total. The Balaban J connectivity index is 1.96. The van der Waals surface area contributed by atoms with Gasteiger partial charge in [-0.15, -0.1) is 0 Å². The van der Waals surface area contributed by atoms with Gasteiger partial charge in [-0.05, 0) is 70.6 Å². The number of ether oxygens (including phenoxy) is 1. The van der Waals surface area contributed by atoms with Crippen LogP contribution >= 0.6 is 0 Å². The van der Waals surface area contributed by atoms with Gasteiger partial charge in [0.2, 0.25) is 5.91 Å². The van der Waals surface area contributed by atoms with E-state index < -0.39 is 29.2 Å². The first-order valence-corrected chi connectivity index (χ1v) is 10.7. The third kappa shape index (κ3) is 8.61. The molecule has 0 saturated carbocycles. The van der Waals surface area contributed by atoms with Gasteiger partial charge in [-0.2, -0.15) is 0 Å². The summed E-state index contributed by atoms with van der Waals surface area (Å²) < 4.78 is 18.1. The number of halogens is 1. The molecule has 0 aliphatic carbocycles. The zero-order valence-corrected chi connectivity index (χ0v) is 19.7. The van der Waals surface area contributed by atoms with Crippen molar-refractivity contribution >= 4 is 17.7 Å². The number of carbonyl (C=O) groups is 3. The van der Waals surface area contributed by atoms with E-state index in [9.17, 15) is 18.8 Å². The van der Waals surface area contributed by atoms with E-state index in [-0.39, 0.29) is 18.1 Å². The topological polar surface area (TPSA) is 75.7 Å². The lowest BCUT2D eigenvalue weighted by Crippen LogP contribution is -2.47. The van der Waals surface area contributed by atoms with Gasteiger partial charge in [-0.3, -0.25) is 14.5 Å². The highest BCUT2D eigenvalue weighted by Crippen LogP contribution is 2.21. The Morgan fingerprint density at radius 2 is 1.64 bits per heavy atom. The molecule has 0 bridgehead atoms. The number of nitrogens with zero attached hydrogens (tertiary/aromatic N) is 1.